The molecule has 1 amide bonds. The van der Waals surface area contributed by atoms with E-state index < -0.39 is 9.84 Å². The van der Waals surface area contributed by atoms with Gasteiger partial charge in [-0.25, -0.2) is 17.6 Å². The second-order valence-electron chi connectivity index (χ2n) is 8.75. The number of rotatable bonds is 4. The number of likely N-dealkylation sites (tertiary alicyclic amines) is 1. The van der Waals surface area contributed by atoms with Crippen LogP contribution in [0.1, 0.15) is 23.3 Å². The lowest BCUT2D eigenvalue weighted by atomic mass is 10.1. The monoisotopic (exact) mass is 466 g/mol. The average molecular weight is 467 g/mol. The molecule has 0 N–H and O–H groups in total. The lowest BCUT2D eigenvalue weighted by Gasteiger charge is -2.31. The van der Waals surface area contributed by atoms with Gasteiger partial charge in [-0.3, -0.25) is 9.78 Å². The minimum Gasteiger partial charge on any atom is -0.371 e. The number of pyridine rings is 2. The number of amides is 1. The van der Waals surface area contributed by atoms with Crippen molar-refractivity contribution in [3.05, 3.63) is 48.5 Å². The number of sulfone groups is 1. The van der Waals surface area contributed by atoms with Gasteiger partial charge in [0.05, 0.1) is 29.4 Å². The van der Waals surface area contributed by atoms with Crippen LogP contribution in [-0.4, -0.2) is 75.2 Å². The van der Waals surface area contributed by atoms with Gasteiger partial charge in [-0.05, 0) is 31.0 Å². The molecule has 2 unspecified atom stereocenters. The number of hydrogen-bond donors (Lipinski definition) is 0. The molecule has 4 aromatic heterocycles. The first-order chi connectivity index (χ1) is 15.9. The minimum atomic E-state index is -3.38. The molecule has 11 heteroatoms. The van der Waals surface area contributed by atoms with E-state index in [9.17, 15) is 13.2 Å². The fourth-order valence-corrected chi connectivity index (χ4v) is 5.41. The molecule has 0 spiro atoms. The molecule has 2 bridgehead atoms. The van der Waals surface area contributed by atoms with Crippen molar-refractivity contribution in [1.82, 2.24) is 29.3 Å². The molecule has 4 aromatic rings. The zero-order valence-corrected chi connectivity index (χ0v) is 18.8. The molecule has 0 aromatic carbocycles. The van der Waals surface area contributed by atoms with Gasteiger partial charge >= 0.3 is 0 Å². The van der Waals surface area contributed by atoms with E-state index in [1.165, 1.54) is 4.68 Å². The molecule has 170 valence electrons. The zero-order valence-electron chi connectivity index (χ0n) is 18.0. The summed E-state index contributed by atoms with van der Waals surface area (Å²) in [4.78, 5) is 19.4. The smallest absolute Gasteiger partial charge is 0.272 e. The number of carbonyl (C=O) groups excluding carboxylic acids is 1. The Labute approximate surface area is 189 Å². The maximum Gasteiger partial charge on any atom is 0.272 e. The van der Waals surface area contributed by atoms with Crippen molar-refractivity contribution in [3.8, 4) is 11.3 Å². The largest absolute Gasteiger partial charge is 0.371 e. The Bertz CT molecular complexity index is 1500. The molecule has 10 nitrogen and oxygen atoms in total. The number of ether oxygens (including phenoxy) is 1. The van der Waals surface area contributed by atoms with Crippen molar-refractivity contribution in [1.29, 1.82) is 0 Å². The van der Waals surface area contributed by atoms with Crippen molar-refractivity contribution in [2.45, 2.75) is 30.9 Å². The highest BCUT2D eigenvalue weighted by atomic mass is 32.2. The van der Waals surface area contributed by atoms with Crippen molar-refractivity contribution in [2.24, 2.45) is 0 Å². The third-order valence-corrected chi connectivity index (χ3v) is 6.94. The van der Waals surface area contributed by atoms with E-state index in [0.717, 1.165) is 30.2 Å². The Morgan fingerprint density at radius 3 is 2.70 bits per heavy atom. The van der Waals surface area contributed by atoms with Crippen LogP contribution in [0.5, 0.6) is 0 Å². The highest BCUT2D eigenvalue weighted by Gasteiger charge is 2.36. The summed E-state index contributed by atoms with van der Waals surface area (Å²) in [5.74, 6) is -0.482. The molecule has 33 heavy (non-hydrogen) atoms. The van der Waals surface area contributed by atoms with Crippen LogP contribution in [0.4, 0.5) is 0 Å². The summed E-state index contributed by atoms with van der Waals surface area (Å²) in [5.41, 5.74) is 2.99. The topological polar surface area (TPSA) is 112 Å². The summed E-state index contributed by atoms with van der Waals surface area (Å²) < 4.78 is 33.2. The van der Waals surface area contributed by atoms with Gasteiger partial charge in [0.1, 0.15) is 17.3 Å². The van der Waals surface area contributed by atoms with E-state index in [1.807, 2.05) is 24.4 Å². The van der Waals surface area contributed by atoms with E-state index in [4.69, 9.17) is 4.74 Å². The van der Waals surface area contributed by atoms with Gasteiger partial charge in [0, 0.05) is 42.7 Å². The Morgan fingerprint density at radius 2 is 1.94 bits per heavy atom. The third kappa shape index (κ3) is 3.57. The molecule has 2 aliphatic heterocycles. The molecule has 6 heterocycles. The summed E-state index contributed by atoms with van der Waals surface area (Å²) >= 11 is 0. The number of morpholine rings is 1. The van der Waals surface area contributed by atoms with Crippen LogP contribution < -0.4 is 0 Å². The van der Waals surface area contributed by atoms with E-state index in [1.54, 1.807) is 27.9 Å². The first kappa shape index (κ1) is 20.3. The van der Waals surface area contributed by atoms with E-state index in [2.05, 4.69) is 15.2 Å². The number of nitrogens with zero attached hydrogens (tertiary/aromatic N) is 6. The van der Waals surface area contributed by atoms with Crippen molar-refractivity contribution >= 4 is 32.2 Å². The van der Waals surface area contributed by atoms with Crippen molar-refractivity contribution < 1.29 is 17.9 Å². The normalized spacial score (nSPS) is 20.7. The Balaban J connectivity index is 1.46. The van der Waals surface area contributed by atoms with Crippen LogP contribution in [0, 0.1) is 0 Å². The SMILES string of the molecule is CS(=O)(=O)Cn1nc(-c2cnn3ccccc23)c2cnc(C(=O)N3CC4CCC(C3)O4)cc21. The number of aromatic nitrogens is 5. The number of fused-ring (bicyclic) bond motifs is 4. The molecule has 2 aliphatic rings. The lowest BCUT2D eigenvalue weighted by molar-refractivity contribution is -0.0305. The fraction of sp³-hybridized carbons (Fsp3) is 0.364. The molecule has 0 aliphatic carbocycles. The van der Waals surface area contributed by atoms with Gasteiger partial charge in [-0.15, -0.1) is 0 Å². The summed E-state index contributed by atoms with van der Waals surface area (Å²) in [7, 11) is -3.38. The Hall–Kier alpha value is -3.31. The van der Waals surface area contributed by atoms with Gasteiger partial charge < -0.3 is 9.64 Å². The molecule has 6 rings (SSSR count). The molecular weight excluding hydrogens is 444 g/mol. The first-order valence-corrected chi connectivity index (χ1v) is 12.8. The van der Waals surface area contributed by atoms with E-state index in [-0.39, 0.29) is 29.7 Å². The summed E-state index contributed by atoms with van der Waals surface area (Å²) in [6, 6.07) is 7.34. The van der Waals surface area contributed by atoms with Crippen LogP contribution >= 0.6 is 0 Å². The highest BCUT2D eigenvalue weighted by Crippen LogP contribution is 2.32. The van der Waals surface area contributed by atoms with Gasteiger partial charge in [0.25, 0.3) is 5.91 Å². The molecular formula is C22H22N6O4S. The summed E-state index contributed by atoms with van der Waals surface area (Å²) in [6.07, 6.45) is 8.38. The zero-order chi connectivity index (χ0) is 22.7. The van der Waals surface area contributed by atoms with Crippen molar-refractivity contribution in [3.63, 3.8) is 0 Å². The molecule has 0 radical (unpaired) electrons. The predicted octanol–water partition coefficient (Wildman–Crippen LogP) is 1.75. The standard InChI is InChI=1S/C22H22N6O4S/c1-33(30,31)13-28-20-8-18(22(29)26-11-14-5-6-15(12-26)32-14)23-9-16(20)21(25-28)17-10-24-27-7-3-2-4-19(17)27/h2-4,7-10,14-15H,5-6,11-13H2,1H3. The van der Waals surface area contributed by atoms with E-state index >= 15 is 0 Å². The fourth-order valence-electron chi connectivity index (χ4n) is 4.77. The molecule has 2 fully saturated rings. The van der Waals surface area contributed by atoms with Crippen LogP contribution in [0.15, 0.2) is 42.9 Å². The van der Waals surface area contributed by atoms with Crippen LogP contribution in [0.3, 0.4) is 0 Å². The van der Waals surface area contributed by atoms with Gasteiger partial charge in [-0.1, -0.05) is 6.07 Å². The van der Waals surface area contributed by atoms with Crippen LogP contribution in [0.25, 0.3) is 27.7 Å². The predicted molar refractivity (Wildman–Crippen MR) is 120 cm³/mol. The Morgan fingerprint density at radius 1 is 1.15 bits per heavy atom. The Kier molecular flexibility index (Phi) is 4.53. The second kappa shape index (κ2) is 7.35. The number of hydrogen-bond acceptors (Lipinski definition) is 7. The second-order valence-corrected chi connectivity index (χ2v) is 10.9. The van der Waals surface area contributed by atoms with Crippen LogP contribution in [-0.2, 0) is 20.5 Å². The lowest BCUT2D eigenvalue weighted by Crippen LogP contribution is -2.46. The minimum absolute atomic E-state index is 0.0782. The quantitative estimate of drug-likeness (QED) is 0.450. The summed E-state index contributed by atoms with van der Waals surface area (Å²) in [6.45, 7) is 1.09. The van der Waals surface area contributed by atoms with Gasteiger partial charge in [-0.2, -0.15) is 10.2 Å². The number of carbonyl (C=O) groups is 1. The molecule has 2 saturated heterocycles. The van der Waals surface area contributed by atoms with Crippen LogP contribution in [0.2, 0.25) is 0 Å². The third-order valence-electron chi connectivity index (χ3n) is 6.22. The van der Waals surface area contributed by atoms with Gasteiger partial charge in [0.15, 0.2) is 9.84 Å². The van der Waals surface area contributed by atoms with E-state index in [0.29, 0.717) is 29.7 Å². The van der Waals surface area contributed by atoms with Crippen molar-refractivity contribution in [2.75, 3.05) is 19.3 Å². The first-order valence-electron chi connectivity index (χ1n) is 10.8. The molecule has 2 atom stereocenters. The molecule has 0 saturated carbocycles. The highest BCUT2D eigenvalue weighted by molar-refractivity contribution is 7.89. The maximum atomic E-state index is 13.2. The average Bonchev–Trinajstić information content (AvgIpc) is 3.47. The maximum absolute atomic E-state index is 13.2. The summed E-state index contributed by atoms with van der Waals surface area (Å²) in [5, 5.41) is 9.65. The van der Waals surface area contributed by atoms with Gasteiger partial charge in [0.2, 0.25) is 0 Å².